The molecule has 0 spiro atoms. The zero-order chi connectivity index (χ0) is 12.5. The van der Waals surface area contributed by atoms with Gasteiger partial charge in [-0.05, 0) is 47.0 Å². The van der Waals surface area contributed by atoms with Crippen LogP contribution in [0.25, 0.3) is 0 Å². The predicted molar refractivity (Wildman–Crippen MR) is 80.0 cm³/mol. The molecule has 1 fully saturated rings. The molecule has 0 aliphatic heterocycles. The zero-order valence-corrected chi connectivity index (χ0v) is 13.4. The minimum Gasteiger partial charge on any atom is -0.226 e. The molecule has 1 saturated carbocycles. The number of halogens is 2. The van der Waals surface area contributed by atoms with Gasteiger partial charge in [0.05, 0.1) is 0 Å². The van der Waals surface area contributed by atoms with Crippen LogP contribution >= 0.6 is 43.6 Å². The first-order valence-electron chi connectivity index (χ1n) is 5.68. The lowest BCUT2D eigenvalue weighted by Crippen LogP contribution is -1.94. The standard InChI is InChI=1S/C13H10Br2N2S/c14-9-2-1-3-10(6-9)18-12-7-11(15)16-13(17-12)8-4-5-8/h1-3,6-8H,4-5H2. The van der Waals surface area contributed by atoms with E-state index in [0.29, 0.717) is 5.92 Å². The Morgan fingerprint density at radius 1 is 1.11 bits per heavy atom. The van der Waals surface area contributed by atoms with Gasteiger partial charge in [-0.25, -0.2) is 9.97 Å². The van der Waals surface area contributed by atoms with Gasteiger partial charge in [-0.2, -0.15) is 0 Å². The van der Waals surface area contributed by atoms with Gasteiger partial charge >= 0.3 is 0 Å². The largest absolute Gasteiger partial charge is 0.226 e. The normalized spacial score (nSPS) is 14.8. The van der Waals surface area contributed by atoms with Crippen molar-refractivity contribution in [3.8, 4) is 0 Å². The van der Waals surface area contributed by atoms with E-state index in [4.69, 9.17) is 0 Å². The molecule has 0 amide bonds. The first kappa shape index (κ1) is 12.6. The molecule has 5 heteroatoms. The third-order valence-corrected chi connectivity index (χ3v) is 4.46. The van der Waals surface area contributed by atoms with Crippen LogP contribution in [-0.2, 0) is 0 Å². The predicted octanol–water partition coefficient (Wildman–Crippen LogP) is 5.03. The molecule has 3 rings (SSSR count). The number of hydrogen-bond acceptors (Lipinski definition) is 3. The number of rotatable bonds is 3. The van der Waals surface area contributed by atoms with Crippen LogP contribution in [-0.4, -0.2) is 9.97 Å². The lowest BCUT2D eigenvalue weighted by atomic mass is 10.4. The second-order valence-corrected chi connectivity index (χ2v) is 7.04. The molecule has 1 aromatic carbocycles. The lowest BCUT2D eigenvalue weighted by molar-refractivity contribution is 0.866. The summed E-state index contributed by atoms with van der Waals surface area (Å²) in [4.78, 5) is 10.2. The summed E-state index contributed by atoms with van der Waals surface area (Å²) >= 11 is 8.61. The summed E-state index contributed by atoms with van der Waals surface area (Å²) in [6, 6.07) is 10.2. The first-order chi connectivity index (χ1) is 8.70. The summed E-state index contributed by atoms with van der Waals surface area (Å²) in [5, 5.41) is 0.997. The summed E-state index contributed by atoms with van der Waals surface area (Å²) in [6.07, 6.45) is 2.44. The maximum Gasteiger partial charge on any atom is 0.134 e. The fourth-order valence-electron chi connectivity index (χ4n) is 1.64. The highest BCUT2D eigenvalue weighted by molar-refractivity contribution is 9.10. The molecule has 18 heavy (non-hydrogen) atoms. The van der Waals surface area contributed by atoms with Crippen LogP contribution in [0.1, 0.15) is 24.6 Å². The van der Waals surface area contributed by atoms with Crippen LogP contribution in [0.5, 0.6) is 0 Å². The second kappa shape index (κ2) is 5.31. The van der Waals surface area contributed by atoms with Crippen LogP contribution in [0.15, 0.2) is 49.3 Å². The number of hydrogen-bond donors (Lipinski definition) is 0. The Morgan fingerprint density at radius 3 is 2.67 bits per heavy atom. The molecule has 1 aliphatic rings. The second-order valence-electron chi connectivity index (χ2n) is 4.22. The van der Waals surface area contributed by atoms with E-state index in [1.165, 1.54) is 17.7 Å². The van der Waals surface area contributed by atoms with E-state index in [2.05, 4.69) is 54.0 Å². The van der Waals surface area contributed by atoms with E-state index in [0.717, 1.165) is 19.9 Å². The molecule has 0 atom stereocenters. The molecule has 92 valence electrons. The van der Waals surface area contributed by atoms with Gasteiger partial charge in [-0.15, -0.1) is 0 Å². The van der Waals surface area contributed by atoms with E-state index in [1.807, 2.05) is 18.2 Å². The molecule has 0 N–H and O–H groups in total. The van der Waals surface area contributed by atoms with Crippen molar-refractivity contribution in [3.63, 3.8) is 0 Å². The number of nitrogens with zero attached hydrogens (tertiary/aromatic N) is 2. The maximum absolute atomic E-state index is 4.63. The van der Waals surface area contributed by atoms with Crippen molar-refractivity contribution in [1.29, 1.82) is 0 Å². The molecule has 0 saturated heterocycles. The fourth-order valence-corrected chi connectivity index (χ4v) is 3.63. The zero-order valence-electron chi connectivity index (χ0n) is 9.44. The summed E-state index contributed by atoms with van der Waals surface area (Å²) < 4.78 is 1.96. The van der Waals surface area contributed by atoms with Crippen molar-refractivity contribution in [1.82, 2.24) is 9.97 Å². The topological polar surface area (TPSA) is 25.8 Å². The third kappa shape index (κ3) is 3.13. The Labute approximate surface area is 127 Å². The van der Waals surface area contributed by atoms with Gasteiger partial charge in [-0.1, -0.05) is 33.8 Å². The molecular weight excluding hydrogens is 376 g/mol. The van der Waals surface area contributed by atoms with Crippen molar-refractivity contribution in [2.24, 2.45) is 0 Å². The third-order valence-electron chi connectivity index (χ3n) is 2.65. The average Bonchev–Trinajstić information content (AvgIpc) is 3.11. The molecule has 0 radical (unpaired) electrons. The molecule has 1 heterocycles. The van der Waals surface area contributed by atoms with Crippen LogP contribution < -0.4 is 0 Å². The highest BCUT2D eigenvalue weighted by Crippen LogP contribution is 2.39. The fraction of sp³-hybridized carbons (Fsp3) is 0.231. The Bertz CT molecular complexity index is 585. The number of aromatic nitrogens is 2. The first-order valence-corrected chi connectivity index (χ1v) is 8.09. The highest BCUT2D eigenvalue weighted by atomic mass is 79.9. The molecule has 2 aromatic rings. The van der Waals surface area contributed by atoms with Gasteiger partial charge in [0.2, 0.25) is 0 Å². The SMILES string of the molecule is Brc1cccc(Sc2cc(Br)nc(C3CC3)n2)c1. The van der Waals surface area contributed by atoms with Crippen molar-refractivity contribution in [3.05, 3.63) is 45.2 Å². The Morgan fingerprint density at radius 2 is 1.94 bits per heavy atom. The monoisotopic (exact) mass is 384 g/mol. The maximum atomic E-state index is 4.63. The van der Waals surface area contributed by atoms with Gasteiger partial charge in [0.15, 0.2) is 0 Å². The summed E-state index contributed by atoms with van der Waals surface area (Å²) in [5.41, 5.74) is 0. The van der Waals surface area contributed by atoms with Crippen molar-refractivity contribution < 1.29 is 0 Å². The van der Waals surface area contributed by atoms with E-state index < -0.39 is 0 Å². The van der Waals surface area contributed by atoms with Crippen LogP contribution in [0, 0.1) is 0 Å². The van der Waals surface area contributed by atoms with Crippen molar-refractivity contribution in [2.75, 3.05) is 0 Å². The van der Waals surface area contributed by atoms with Crippen molar-refractivity contribution in [2.45, 2.75) is 28.7 Å². The molecule has 0 bridgehead atoms. The van der Waals surface area contributed by atoms with Gasteiger partial charge < -0.3 is 0 Å². The average molecular weight is 386 g/mol. The van der Waals surface area contributed by atoms with Gasteiger partial charge in [0.25, 0.3) is 0 Å². The minimum absolute atomic E-state index is 0.573. The molecule has 1 aromatic heterocycles. The molecular formula is C13H10Br2N2S. The van der Waals surface area contributed by atoms with E-state index >= 15 is 0 Å². The van der Waals surface area contributed by atoms with E-state index in [1.54, 1.807) is 11.8 Å². The smallest absolute Gasteiger partial charge is 0.134 e. The minimum atomic E-state index is 0.573. The molecule has 0 unspecified atom stereocenters. The van der Waals surface area contributed by atoms with Gasteiger partial charge in [-0.3, -0.25) is 0 Å². The molecule has 2 nitrogen and oxygen atoms in total. The quantitative estimate of drug-likeness (QED) is 0.693. The Kier molecular flexibility index (Phi) is 3.73. The Hall–Kier alpha value is -0.390. The Balaban J connectivity index is 1.87. The van der Waals surface area contributed by atoms with Crippen LogP contribution in [0.4, 0.5) is 0 Å². The summed E-state index contributed by atoms with van der Waals surface area (Å²) in [6.45, 7) is 0. The van der Waals surface area contributed by atoms with Gasteiger partial charge in [0, 0.05) is 21.4 Å². The number of benzene rings is 1. The lowest BCUT2D eigenvalue weighted by Gasteiger charge is -2.04. The van der Waals surface area contributed by atoms with E-state index in [-0.39, 0.29) is 0 Å². The van der Waals surface area contributed by atoms with Gasteiger partial charge in [0.1, 0.15) is 15.5 Å². The summed E-state index contributed by atoms with van der Waals surface area (Å²) in [5.74, 6) is 1.55. The van der Waals surface area contributed by atoms with Crippen LogP contribution in [0.2, 0.25) is 0 Å². The van der Waals surface area contributed by atoms with Crippen LogP contribution in [0.3, 0.4) is 0 Å². The summed E-state index contributed by atoms with van der Waals surface area (Å²) in [7, 11) is 0. The highest BCUT2D eigenvalue weighted by Gasteiger charge is 2.27. The van der Waals surface area contributed by atoms with E-state index in [9.17, 15) is 0 Å². The van der Waals surface area contributed by atoms with Crippen molar-refractivity contribution >= 4 is 43.6 Å². The molecule has 1 aliphatic carbocycles.